The van der Waals surface area contributed by atoms with Crippen LogP contribution in [0.3, 0.4) is 0 Å². The van der Waals surface area contributed by atoms with E-state index in [4.69, 9.17) is 0 Å². The molecular formula is C8H7I2N2PS. The maximum absolute atomic E-state index is 4.44. The fourth-order valence-electron chi connectivity index (χ4n) is 1.24. The number of fused-ring (bicyclic) bond motifs is 1. The van der Waals surface area contributed by atoms with Gasteiger partial charge in [0.25, 0.3) is 0 Å². The second kappa shape index (κ2) is 4.84. The van der Waals surface area contributed by atoms with Gasteiger partial charge in [-0.25, -0.2) is 4.98 Å². The number of aryl methyl sites for hydroxylation is 1. The Kier molecular flexibility index (Phi) is 3.95. The van der Waals surface area contributed by atoms with Crippen LogP contribution in [0.2, 0.25) is 0 Å². The molecule has 14 heavy (non-hydrogen) atoms. The highest BCUT2D eigenvalue weighted by molar-refractivity contribution is 14.3. The number of halogens is 2. The van der Waals surface area contributed by atoms with Gasteiger partial charge in [-0.15, -0.1) is 0 Å². The molecule has 0 saturated heterocycles. The van der Waals surface area contributed by atoms with Crippen LogP contribution in [0.5, 0.6) is 0 Å². The predicted molar refractivity (Wildman–Crippen MR) is 82.4 cm³/mol. The summed E-state index contributed by atoms with van der Waals surface area (Å²) < 4.78 is 2.10. The van der Waals surface area contributed by atoms with Crippen molar-refractivity contribution >= 4 is 69.1 Å². The Morgan fingerprint density at radius 3 is 3.00 bits per heavy atom. The van der Waals surface area contributed by atoms with Crippen molar-refractivity contribution in [2.24, 2.45) is 0 Å². The van der Waals surface area contributed by atoms with Crippen LogP contribution in [0.1, 0.15) is 5.56 Å². The van der Waals surface area contributed by atoms with Gasteiger partial charge in [0.2, 0.25) is 0 Å². The van der Waals surface area contributed by atoms with Gasteiger partial charge < -0.3 is 0 Å². The van der Waals surface area contributed by atoms with Crippen molar-refractivity contribution in [3.63, 3.8) is 0 Å². The molecule has 0 N–H and O–H groups in total. The second-order valence-corrected chi connectivity index (χ2v) is 20.7. The molecule has 0 spiro atoms. The lowest BCUT2D eigenvalue weighted by molar-refractivity contribution is 1.24. The van der Waals surface area contributed by atoms with Gasteiger partial charge >= 0.3 is 0 Å². The second-order valence-electron chi connectivity index (χ2n) is 2.85. The SMILES string of the molecule is Cc1cnc2c(ccn2SP(I)I)c1. The van der Waals surface area contributed by atoms with Gasteiger partial charge in [0, 0.05) is 29.3 Å². The van der Waals surface area contributed by atoms with Gasteiger partial charge in [0.1, 0.15) is 8.06 Å². The van der Waals surface area contributed by atoms with Crippen molar-refractivity contribution in [2.45, 2.75) is 6.92 Å². The molecule has 74 valence electrons. The minimum Gasteiger partial charge on any atom is -0.270 e. The predicted octanol–water partition coefficient (Wildman–Crippen LogP) is 4.94. The number of rotatable bonds is 2. The molecule has 0 aliphatic heterocycles. The fourth-order valence-corrected chi connectivity index (χ4v) is 5.93. The third-order valence-corrected chi connectivity index (χ3v) is 6.44. The molecule has 2 aromatic rings. The van der Waals surface area contributed by atoms with Gasteiger partial charge in [-0.1, -0.05) is 0 Å². The first-order valence-electron chi connectivity index (χ1n) is 3.90. The van der Waals surface area contributed by atoms with Crippen molar-refractivity contribution in [1.82, 2.24) is 8.96 Å². The number of aromatic nitrogens is 2. The van der Waals surface area contributed by atoms with Crippen LogP contribution in [-0.4, -0.2) is 8.96 Å². The fraction of sp³-hybridized carbons (Fsp3) is 0.125. The van der Waals surface area contributed by atoms with E-state index >= 15 is 0 Å². The lowest BCUT2D eigenvalue weighted by atomic mass is 10.2. The van der Waals surface area contributed by atoms with Crippen LogP contribution < -0.4 is 0 Å². The highest BCUT2D eigenvalue weighted by atomic mass is 127. The molecule has 0 bridgehead atoms. The molecule has 0 amide bonds. The molecule has 0 saturated carbocycles. The Hall–Kier alpha value is 0.930. The summed E-state index contributed by atoms with van der Waals surface area (Å²) in [6.07, 6.45) is 4.01. The summed E-state index contributed by atoms with van der Waals surface area (Å²) in [5, 5.41) is 1.22. The monoisotopic (exact) mass is 448 g/mol. The van der Waals surface area contributed by atoms with Gasteiger partial charge in [0.05, 0.1) is 0 Å². The smallest absolute Gasteiger partial charge is 0.150 e. The van der Waals surface area contributed by atoms with Crippen molar-refractivity contribution in [2.75, 3.05) is 0 Å². The molecule has 2 heterocycles. The molecule has 0 aliphatic carbocycles. The van der Waals surface area contributed by atoms with Crippen molar-refractivity contribution in [3.8, 4) is 0 Å². The third kappa shape index (κ3) is 2.54. The van der Waals surface area contributed by atoms with Crippen LogP contribution in [0.25, 0.3) is 11.0 Å². The molecular weight excluding hydrogens is 441 g/mol. The van der Waals surface area contributed by atoms with Gasteiger partial charge in [0.15, 0.2) is 0 Å². The summed E-state index contributed by atoms with van der Waals surface area (Å²) in [7, 11) is 0. The number of hydrogen-bond acceptors (Lipinski definition) is 2. The Morgan fingerprint density at radius 1 is 1.50 bits per heavy atom. The van der Waals surface area contributed by atoms with E-state index in [0.717, 1.165) is 5.65 Å². The number of pyridine rings is 1. The maximum atomic E-state index is 4.44. The highest BCUT2D eigenvalue weighted by Gasteiger charge is 2.06. The topological polar surface area (TPSA) is 17.8 Å². The average molecular weight is 448 g/mol. The van der Waals surface area contributed by atoms with Crippen molar-refractivity contribution in [1.29, 1.82) is 0 Å². The number of hydrogen-bond donors (Lipinski definition) is 0. The van der Waals surface area contributed by atoms with E-state index in [1.54, 1.807) is 0 Å². The molecule has 2 nitrogen and oxygen atoms in total. The van der Waals surface area contributed by atoms with E-state index < -0.39 is 0 Å². The highest BCUT2D eigenvalue weighted by Crippen LogP contribution is 2.65. The third-order valence-electron chi connectivity index (χ3n) is 1.78. The first-order valence-corrected chi connectivity index (χ1v) is 12.2. The Balaban J connectivity index is 2.47. The van der Waals surface area contributed by atoms with E-state index in [9.17, 15) is 0 Å². The average Bonchev–Trinajstić information content (AvgIpc) is 2.47. The minimum absolute atomic E-state index is 0.0523. The van der Waals surface area contributed by atoms with Gasteiger partial charge in [-0.3, -0.25) is 3.97 Å². The standard InChI is InChI=1S/C8H7I2N2PS/c1-6-4-7-2-3-12(14-13(9)10)8(7)11-5-6/h2-5H,1H3. The minimum atomic E-state index is -0.0523. The molecule has 6 heteroatoms. The largest absolute Gasteiger partial charge is 0.270 e. The zero-order valence-electron chi connectivity index (χ0n) is 7.32. The Bertz CT molecular complexity index is 458. The van der Waals surface area contributed by atoms with Crippen LogP contribution in [-0.2, 0) is 0 Å². The summed E-state index contributed by atoms with van der Waals surface area (Å²) in [5.41, 5.74) is 2.29. The maximum Gasteiger partial charge on any atom is 0.150 e. The zero-order valence-corrected chi connectivity index (χ0v) is 13.3. The Morgan fingerprint density at radius 2 is 2.29 bits per heavy atom. The molecule has 0 aromatic carbocycles. The van der Waals surface area contributed by atoms with Crippen molar-refractivity contribution in [3.05, 3.63) is 30.1 Å². The molecule has 0 atom stereocenters. The van der Waals surface area contributed by atoms with Crippen LogP contribution in [0, 0.1) is 6.92 Å². The summed E-state index contributed by atoms with van der Waals surface area (Å²) in [5.74, 6) is 0. The molecule has 2 aromatic heterocycles. The number of nitrogens with zero attached hydrogens (tertiary/aromatic N) is 2. The summed E-state index contributed by atoms with van der Waals surface area (Å²) in [6.45, 7) is 2.07. The van der Waals surface area contributed by atoms with Crippen molar-refractivity contribution < 1.29 is 0 Å². The lowest BCUT2D eigenvalue weighted by Gasteiger charge is -2.03. The summed E-state index contributed by atoms with van der Waals surface area (Å²) in [6, 6.07) is 4.29. The molecule has 0 aliphatic rings. The first kappa shape index (κ1) is 11.4. The molecule has 0 radical (unpaired) electrons. The zero-order chi connectivity index (χ0) is 10.1. The quantitative estimate of drug-likeness (QED) is 0.479. The van der Waals surface area contributed by atoms with Crippen LogP contribution in [0.4, 0.5) is 0 Å². The van der Waals surface area contributed by atoms with E-state index in [2.05, 4.69) is 78.3 Å². The van der Waals surface area contributed by atoms with Crippen LogP contribution in [0.15, 0.2) is 24.5 Å². The van der Waals surface area contributed by atoms with E-state index in [-0.39, 0.29) is 2.41 Å². The van der Waals surface area contributed by atoms with Crippen LogP contribution >= 0.6 is 58.1 Å². The lowest BCUT2D eigenvalue weighted by Crippen LogP contribution is -1.84. The molecule has 0 unspecified atom stereocenters. The molecule has 2 rings (SSSR count). The van der Waals surface area contributed by atoms with Gasteiger partial charge in [-0.05, 0) is 68.7 Å². The summed E-state index contributed by atoms with van der Waals surface area (Å²) in [4.78, 5) is 4.44. The first-order chi connectivity index (χ1) is 6.66. The molecule has 0 fully saturated rings. The normalized spacial score (nSPS) is 11.4. The van der Waals surface area contributed by atoms with Gasteiger partial charge in [-0.2, -0.15) is 0 Å². The van der Waals surface area contributed by atoms with E-state index in [1.807, 2.05) is 17.8 Å². The Labute approximate surface area is 114 Å². The summed E-state index contributed by atoms with van der Waals surface area (Å²) >= 11 is 6.73. The van der Waals surface area contributed by atoms with E-state index in [1.165, 1.54) is 10.9 Å². The van der Waals surface area contributed by atoms with E-state index in [0.29, 0.717) is 0 Å².